The second-order valence-corrected chi connectivity index (χ2v) is 10.1. The summed E-state index contributed by atoms with van der Waals surface area (Å²) in [6.07, 6.45) is 6.75. The lowest BCUT2D eigenvalue weighted by atomic mass is 10.0. The molecular weight excluding hydrogens is 450 g/mol. The van der Waals surface area contributed by atoms with Crippen molar-refractivity contribution < 1.29 is 9.53 Å². The molecule has 31 heavy (non-hydrogen) atoms. The van der Waals surface area contributed by atoms with Crippen molar-refractivity contribution in [2.75, 3.05) is 31.4 Å². The van der Waals surface area contributed by atoms with E-state index >= 15 is 0 Å². The molecule has 2 aromatic rings. The predicted octanol–water partition coefficient (Wildman–Crippen LogP) is 5.76. The van der Waals surface area contributed by atoms with Gasteiger partial charge in [0.1, 0.15) is 11.4 Å². The third-order valence-corrected chi connectivity index (χ3v) is 7.74. The molecule has 4 rings (SSSR count). The number of methoxy groups -OCH3 is 1. The van der Waals surface area contributed by atoms with E-state index in [1.165, 1.54) is 25.8 Å². The first kappa shape index (κ1) is 22.4. The van der Waals surface area contributed by atoms with Crippen LogP contribution < -0.4 is 9.64 Å². The van der Waals surface area contributed by atoms with Gasteiger partial charge in [-0.1, -0.05) is 35.9 Å². The Balaban J connectivity index is 1.56. The Labute approximate surface area is 196 Å². The molecule has 1 aromatic carbocycles. The van der Waals surface area contributed by atoms with Gasteiger partial charge in [-0.25, -0.2) is 4.99 Å². The molecule has 164 valence electrons. The minimum Gasteiger partial charge on any atom is -0.495 e. The number of thioether (sulfide) groups is 1. The second kappa shape index (κ2) is 10.2. The van der Waals surface area contributed by atoms with Crippen LogP contribution >= 0.6 is 34.7 Å². The lowest BCUT2D eigenvalue weighted by Crippen LogP contribution is -2.36. The van der Waals surface area contributed by atoms with Crippen molar-refractivity contribution in [3.8, 4) is 5.75 Å². The predicted molar refractivity (Wildman–Crippen MR) is 133 cm³/mol. The Morgan fingerprint density at radius 3 is 2.94 bits per heavy atom. The molecule has 3 heterocycles. The number of hydrogen-bond acceptors (Lipinski definition) is 6. The number of ether oxygens (including phenoxy) is 1. The van der Waals surface area contributed by atoms with Gasteiger partial charge in [0.2, 0.25) is 0 Å². The van der Waals surface area contributed by atoms with E-state index < -0.39 is 0 Å². The van der Waals surface area contributed by atoms with Gasteiger partial charge in [-0.15, -0.1) is 11.3 Å². The van der Waals surface area contributed by atoms with Gasteiger partial charge in [0.25, 0.3) is 5.91 Å². The molecule has 1 unspecified atom stereocenters. The highest BCUT2D eigenvalue weighted by atomic mass is 35.5. The quantitative estimate of drug-likeness (QED) is 0.498. The first-order valence-corrected chi connectivity index (χ1v) is 12.7. The number of carbonyl (C=O) groups is 1. The minimum atomic E-state index is -0.132. The zero-order valence-electron chi connectivity index (χ0n) is 17.7. The Hall–Kier alpha value is -1.80. The molecule has 0 radical (unpaired) electrons. The van der Waals surface area contributed by atoms with Crippen LogP contribution in [0.3, 0.4) is 0 Å². The summed E-state index contributed by atoms with van der Waals surface area (Å²) in [5, 5.41) is 3.16. The van der Waals surface area contributed by atoms with Crippen LogP contribution in [0.25, 0.3) is 6.08 Å². The van der Waals surface area contributed by atoms with E-state index in [9.17, 15) is 4.79 Å². The third kappa shape index (κ3) is 5.17. The van der Waals surface area contributed by atoms with Crippen LogP contribution in [0, 0.1) is 0 Å². The number of anilines is 1. The van der Waals surface area contributed by atoms with Gasteiger partial charge in [0.15, 0.2) is 5.17 Å². The van der Waals surface area contributed by atoms with Crippen molar-refractivity contribution in [1.82, 2.24) is 4.90 Å². The van der Waals surface area contributed by atoms with Gasteiger partial charge >= 0.3 is 0 Å². The summed E-state index contributed by atoms with van der Waals surface area (Å²) in [4.78, 5) is 23.1. The molecule has 2 aliphatic rings. The molecule has 1 fully saturated rings. The fourth-order valence-corrected chi connectivity index (χ4v) is 5.87. The number of benzene rings is 1. The molecule has 1 saturated heterocycles. The third-order valence-electron chi connectivity index (χ3n) is 5.65. The normalized spacial score (nSPS) is 21.1. The van der Waals surface area contributed by atoms with Crippen LogP contribution in [0.1, 0.15) is 30.6 Å². The van der Waals surface area contributed by atoms with Crippen LogP contribution in [0.4, 0.5) is 5.69 Å². The smallest absolute Gasteiger partial charge is 0.283 e. The molecule has 2 aliphatic heterocycles. The Bertz CT molecular complexity index is 991. The van der Waals surface area contributed by atoms with Crippen molar-refractivity contribution in [2.24, 2.45) is 4.99 Å². The number of likely N-dealkylation sites (tertiary alicyclic amines) is 1. The number of thiophene rings is 1. The number of aliphatic imine (C=N–C) groups is 1. The molecule has 0 spiro atoms. The van der Waals surface area contributed by atoms with Crippen molar-refractivity contribution in [2.45, 2.75) is 31.7 Å². The highest BCUT2D eigenvalue weighted by Crippen LogP contribution is 2.35. The molecule has 5 nitrogen and oxygen atoms in total. The van der Waals surface area contributed by atoms with Gasteiger partial charge < -0.3 is 9.64 Å². The molecular formula is C23H26ClN3O2S2. The Morgan fingerprint density at radius 1 is 1.35 bits per heavy atom. The van der Waals surface area contributed by atoms with Gasteiger partial charge in [-0.05, 0) is 68.6 Å². The summed E-state index contributed by atoms with van der Waals surface area (Å²) in [5.41, 5.74) is 1.15. The monoisotopic (exact) mass is 475 g/mol. The van der Waals surface area contributed by atoms with Gasteiger partial charge in [0, 0.05) is 16.7 Å². The van der Waals surface area contributed by atoms with E-state index in [4.69, 9.17) is 21.3 Å². The molecule has 0 N–H and O–H groups in total. The fraction of sp³-hybridized carbons (Fsp3) is 0.391. The maximum Gasteiger partial charge on any atom is 0.283 e. The maximum atomic E-state index is 13.3. The molecule has 8 heteroatoms. The van der Waals surface area contributed by atoms with E-state index in [2.05, 4.69) is 11.9 Å². The number of carbonyl (C=O) groups excluding carboxylic acids is 1. The highest BCUT2D eigenvalue weighted by Gasteiger charge is 2.32. The molecule has 0 aliphatic carbocycles. The lowest BCUT2D eigenvalue weighted by Gasteiger charge is -2.32. The number of nitrogens with zero attached hydrogens (tertiary/aromatic N) is 3. The SMILES string of the molecule is COc1ccc(N2C(=O)/C(=C\c3cccs3)N=C2SCCC2CCCCN2C)cc1Cl. The van der Waals surface area contributed by atoms with Crippen LogP contribution in [0.5, 0.6) is 5.75 Å². The van der Waals surface area contributed by atoms with Crippen LogP contribution in [-0.4, -0.2) is 48.5 Å². The molecule has 0 bridgehead atoms. The Kier molecular flexibility index (Phi) is 7.38. The maximum absolute atomic E-state index is 13.3. The van der Waals surface area contributed by atoms with Crippen LogP contribution in [-0.2, 0) is 4.79 Å². The summed E-state index contributed by atoms with van der Waals surface area (Å²) in [5.74, 6) is 1.36. The van der Waals surface area contributed by atoms with Crippen LogP contribution in [0.2, 0.25) is 5.02 Å². The first-order chi connectivity index (χ1) is 15.1. The fourth-order valence-electron chi connectivity index (χ4n) is 3.92. The van der Waals surface area contributed by atoms with Crippen molar-refractivity contribution in [3.63, 3.8) is 0 Å². The standard InChI is InChI=1S/C23H26ClN3O2S2/c1-26-11-4-3-6-16(26)10-13-31-23-25-20(15-18-7-5-12-30-18)22(28)27(23)17-8-9-21(29-2)19(24)14-17/h5,7-9,12,14-16H,3-4,6,10-11,13H2,1-2H3/b20-15+. The minimum absolute atomic E-state index is 0.132. The lowest BCUT2D eigenvalue weighted by molar-refractivity contribution is -0.113. The summed E-state index contributed by atoms with van der Waals surface area (Å²) in [6.45, 7) is 1.17. The summed E-state index contributed by atoms with van der Waals surface area (Å²) in [7, 11) is 3.79. The van der Waals surface area contributed by atoms with Gasteiger partial charge in [-0.3, -0.25) is 9.69 Å². The number of amides is 1. The molecule has 1 amide bonds. The largest absolute Gasteiger partial charge is 0.495 e. The zero-order valence-corrected chi connectivity index (χ0v) is 20.1. The number of piperidine rings is 1. The van der Waals surface area contributed by atoms with E-state index in [-0.39, 0.29) is 5.91 Å². The highest BCUT2D eigenvalue weighted by molar-refractivity contribution is 8.14. The second-order valence-electron chi connectivity index (χ2n) is 7.67. The number of amidine groups is 1. The number of rotatable bonds is 6. The average Bonchev–Trinajstić information content (AvgIpc) is 3.38. The number of hydrogen-bond donors (Lipinski definition) is 0. The topological polar surface area (TPSA) is 45.1 Å². The number of halogens is 1. The van der Waals surface area contributed by atoms with Gasteiger partial charge in [-0.2, -0.15) is 0 Å². The van der Waals surface area contributed by atoms with Crippen molar-refractivity contribution in [1.29, 1.82) is 0 Å². The average molecular weight is 476 g/mol. The summed E-state index contributed by atoms with van der Waals surface area (Å²) >= 11 is 9.57. The van der Waals surface area contributed by atoms with Gasteiger partial charge in [0.05, 0.1) is 17.8 Å². The molecule has 1 aromatic heterocycles. The molecule has 0 saturated carbocycles. The van der Waals surface area contributed by atoms with Crippen molar-refractivity contribution in [3.05, 3.63) is 51.3 Å². The van der Waals surface area contributed by atoms with E-state index in [0.29, 0.717) is 33.4 Å². The van der Waals surface area contributed by atoms with E-state index in [1.54, 1.807) is 47.2 Å². The van der Waals surface area contributed by atoms with Crippen molar-refractivity contribution >= 4 is 57.5 Å². The van der Waals surface area contributed by atoms with E-state index in [1.807, 2.05) is 29.7 Å². The zero-order chi connectivity index (χ0) is 21.8. The summed E-state index contributed by atoms with van der Waals surface area (Å²) < 4.78 is 5.26. The van der Waals surface area contributed by atoms with Crippen LogP contribution in [0.15, 0.2) is 46.4 Å². The first-order valence-electron chi connectivity index (χ1n) is 10.4. The van der Waals surface area contributed by atoms with E-state index in [0.717, 1.165) is 17.1 Å². The summed E-state index contributed by atoms with van der Waals surface area (Å²) in [6, 6.07) is 9.95. The molecule has 1 atom stereocenters. The Morgan fingerprint density at radius 2 is 2.23 bits per heavy atom.